The van der Waals surface area contributed by atoms with E-state index < -0.39 is 0 Å². The second-order valence-corrected chi connectivity index (χ2v) is 7.44. The fraction of sp³-hybridized carbons (Fsp3) is 0.333. The van der Waals surface area contributed by atoms with Gasteiger partial charge in [-0.25, -0.2) is 0 Å². The van der Waals surface area contributed by atoms with Crippen LogP contribution in [0.25, 0.3) is 0 Å². The predicted molar refractivity (Wildman–Crippen MR) is 101 cm³/mol. The number of nitrogens with zero attached hydrogens (tertiary/aromatic N) is 2. The Hall–Kier alpha value is -1.89. The molecule has 0 aliphatic carbocycles. The van der Waals surface area contributed by atoms with Crippen LogP contribution in [0.15, 0.2) is 35.7 Å². The van der Waals surface area contributed by atoms with Gasteiger partial charge in [0.15, 0.2) is 0 Å². The molecule has 0 spiro atoms. The topological polar surface area (TPSA) is 52.7 Å². The number of hydrogen-bond acceptors (Lipinski definition) is 4. The summed E-state index contributed by atoms with van der Waals surface area (Å²) in [6.07, 6.45) is 0. The molecule has 25 heavy (non-hydrogen) atoms. The predicted octanol–water partition coefficient (Wildman–Crippen LogP) is 3.11. The molecule has 2 heterocycles. The van der Waals surface area contributed by atoms with Crippen molar-refractivity contribution in [2.45, 2.75) is 6.92 Å². The number of benzene rings is 1. The van der Waals surface area contributed by atoms with E-state index in [9.17, 15) is 9.59 Å². The minimum absolute atomic E-state index is 0.0524. The first kappa shape index (κ1) is 17.9. The van der Waals surface area contributed by atoms with Gasteiger partial charge < -0.3 is 10.2 Å². The van der Waals surface area contributed by atoms with Crippen molar-refractivity contribution >= 4 is 40.4 Å². The highest BCUT2D eigenvalue weighted by Crippen LogP contribution is 2.19. The van der Waals surface area contributed by atoms with Gasteiger partial charge in [0.05, 0.1) is 11.4 Å². The maximum atomic E-state index is 12.3. The SMILES string of the molecule is Cc1cc(Cl)ccc1NC(=O)CN1CCN(C(=O)c2cccs2)CC1. The number of aryl methyl sites for hydroxylation is 1. The van der Waals surface area contributed by atoms with Crippen molar-refractivity contribution < 1.29 is 9.59 Å². The van der Waals surface area contributed by atoms with Crippen LogP contribution in [0.4, 0.5) is 5.69 Å². The van der Waals surface area contributed by atoms with E-state index >= 15 is 0 Å². The summed E-state index contributed by atoms with van der Waals surface area (Å²) in [4.78, 5) is 29.3. The van der Waals surface area contributed by atoms with Crippen molar-refractivity contribution in [2.75, 3.05) is 38.0 Å². The van der Waals surface area contributed by atoms with Gasteiger partial charge in [-0.1, -0.05) is 17.7 Å². The van der Waals surface area contributed by atoms with Crippen molar-refractivity contribution in [1.82, 2.24) is 9.80 Å². The van der Waals surface area contributed by atoms with E-state index in [0.717, 1.165) is 16.1 Å². The summed E-state index contributed by atoms with van der Waals surface area (Å²) in [6, 6.07) is 9.14. The number of hydrogen-bond donors (Lipinski definition) is 1. The van der Waals surface area contributed by atoms with Crippen molar-refractivity contribution in [3.05, 3.63) is 51.2 Å². The number of carbonyl (C=O) groups is 2. The first-order valence-electron chi connectivity index (χ1n) is 8.14. The van der Waals surface area contributed by atoms with Crippen LogP contribution in [0, 0.1) is 6.92 Å². The maximum absolute atomic E-state index is 12.3. The second-order valence-electron chi connectivity index (χ2n) is 6.05. The molecule has 2 amide bonds. The monoisotopic (exact) mass is 377 g/mol. The van der Waals surface area contributed by atoms with Crippen LogP contribution < -0.4 is 5.32 Å². The summed E-state index contributed by atoms with van der Waals surface area (Å²) in [6.45, 7) is 4.92. The van der Waals surface area contributed by atoms with Crippen LogP contribution in [0.5, 0.6) is 0 Å². The van der Waals surface area contributed by atoms with Gasteiger partial charge >= 0.3 is 0 Å². The fourth-order valence-corrected chi connectivity index (χ4v) is 3.74. The molecular formula is C18H20ClN3O2S. The Bertz CT molecular complexity index is 756. The third kappa shape index (κ3) is 4.60. The van der Waals surface area contributed by atoms with E-state index in [-0.39, 0.29) is 11.8 Å². The zero-order valence-electron chi connectivity index (χ0n) is 14.0. The Labute approximate surface area is 156 Å². The Morgan fingerprint density at radius 1 is 1.20 bits per heavy atom. The zero-order chi connectivity index (χ0) is 17.8. The van der Waals surface area contributed by atoms with Crippen LogP contribution in [0.1, 0.15) is 15.2 Å². The van der Waals surface area contributed by atoms with Crippen LogP contribution in [-0.4, -0.2) is 54.3 Å². The average Bonchev–Trinajstić information content (AvgIpc) is 3.12. The number of carbonyl (C=O) groups excluding carboxylic acids is 2. The minimum atomic E-state index is -0.0524. The normalized spacial score (nSPS) is 15.2. The van der Waals surface area contributed by atoms with Gasteiger partial charge in [-0.05, 0) is 42.1 Å². The van der Waals surface area contributed by atoms with Gasteiger partial charge in [-0.3, -0.25) is 14.5 Å². The lowest BCUT2D eigenvalue weighted by molar-refractivity contribution is -0.117. The maximum Gasteiger partial charge on any atom is 0.264 e. The molecule has 0 unspecified atom stereocenters. The highest BCUT2D eigenvalue weighted by molar-refractivity contribution is 7.12. The van der Waals surface area contributed by atoms with Crippen LogP contribution in [0.2, 0.25) is 5.02 Å². The largest absolute Gasteiger partial charge is 0.335 e. The Morgan fingerprint density at radius 3 is 2.60 bits per heavy atom. The number of anilines is 1. The number of amides is 2. The molecule has 0 atom stereocenters. The van der Waals surface area contributed by atoms with Crippen LogP contribution in [-0.2, 0) is 4.79 Å². The van der Waals surface area contributed by atoms with E-state index in [1.807, 2.05) is 41.5 Å². The Kier molecular flexibility index (Phi) is 5.73. The molecule has 2 aromatic rings. The zero-order valence-corrected chi connectivity index (χ0v) is 15.6. The molecule has 7 heteroatoms. The van der Waals surface area contributed by atoms with Gasteiger partial charge in [0.2, 0.25) is 5.91 Å². The minimum Gasteiger partial charge on any atom is -0.335 e. The molecule has 0 bridgehead atoms. The van der Waals surface area contributed by atoms with Crippen molar-refractivity contribution in [3.8, 4) is 0 Å². The quantitative estimate of drug-likeness (QED) is 0.890. The molecular weight excluding hydrogens is 358 g/mol. The van der Waals surface area contributed by atoms with Crippen molar-refractivity contribution in [2.24, 2.45) is 0 Å². The van der Waals surface area contributed by atoms with Gasteiger partial charge in [-0.2, -0.15) is 0 Å². The summed E-state index contributed by atoms with van der Waals surface area (Å²) in [7, 11) is 0. The first-order valence-corrected chi connectivity index (χ1v) is 9.40. The van der Waals surface area contributed by atoms with E-state index in [4.69, 9.17) is 11.6 Å². The highest BCUT2D eigenvalue weighted by atomic mass is 35.5. The van der Waals surface area contributed by atoms with E-state index in [0.29, 0.717) is 37.7 Å². The standard InChI is InChI=1S/C18H20ClN3O2S/c1-13-11-14(19)4-5-15(13)20-17(23)12-21-6-8-22(9-7-21)18(24)16-3-2-10-25-16/h2-5,10-11H,6-9,12H2,1H3,(H,20,23). The summed E-state index contributed by atoms with van der Waals surface area (Å²) in [5, 5.41) is 5.49. The highest BCUT2D eigenvalue weighted by Gasteiger charge is 2.23. The molecule has 1 aromatic carbocycles. The smallest absolute Gasteiger partial charge is 0.264 e. The van der Waals surface area contributed by atoms with Crippen LogP contribution in [0.3, 0.4) is 0 Å². The Balaban J connectivity index is 1.48. The molecule has 1 aromatic heterocycles. The van der Waals surface area contributed by atoms with Gasteiger partial charge in [-0.15, -0.1) is 11.3 Å². The van der Waals surface area contributed by atoms with Crippen LogP contribution >= 0.6 is 22.9 Å². The van der Waals surface area contributed by atoms with Gasteiger partial charge in [0.1, 0.15) is 0 Å². The molecule has 0 radical (unpaired) electrons. The molecule has 1 N–H and O–H groups in total. The lowest BCUT2D eigenvalue weighted by Crippen LogP contribution is -2.50. The number of piperazine rings is 1. The summed E-state index contributed by atoms with van der Waals surface area (Å²) in [5.74, 6) is 0.0272. The fourth-order valence-electron chi connectivity index (χ4n) is 2.83. The Morgan fingerprint density at radius 2 is 1.96 bits per heavy atom. The molecule has 0 saturated carbocycles. The lowest BCUT2D eigenvalue weighted by Gasteiger charge is -2.34. The van der Waals surface area contributed by atoms with Crippen molar-refractivity contribution in [1.29, 1.82) is 0 Å². The lowest BCUT2D eigenvalue weighted by atomic mass is 10.2. The number of rotatable bonds is 4. The number of nitrogens with one attached hydrogen (secondary N) is 1. The van der Waals surface area contributed by atoms with E-state index in [1.54, 1.807) is 6.07 Å². The molecule has 132 valence electrons. The number of thiophene rings is 1. The molecule has 1 saturated heterocycles. The second kappa shape index (κ2) is 7.99. The van der Waals surface area contributed by atoms with Gasteiger partial charge in [0, 0.05) is 36.9 Å². The summed E-state index contributed by atoms with van der Waals surface area (Å²) >= 11 is 7.39. The number of halogens is 1. The summed E-state index contributed by atoms with van der Waals surface area (Å²) in [5.41, 5.74) is 1.72. The molecule has 1 aliphatic heterocycles. The molecule has 1 fully saturated rings. The van der Waals surface area contributed by atoms with E-state index in [1.165, 1.54) is 11.3 Å². The third-order valence-electron chi connectivity index (χ3n) is 4.22. The summed E-state index contributed by atoms with van der Waals surface area (Å²) < 4.78 is 0. The first-order chi connectivity index (χ1) is 12.0. The molecule has 1 aliphatic rings. The van der Waals surface area contributed by atoms with E-state index in [2.05, 4.69) is 10.2 Å². The average molecular weight is 378 g/mol. The molecule has 3 rings (SSSR count). The van der Waals surface area contributed by atoms with Gasteiger partial charge in [0.25, 0.3) is 5.91 Å². The molecule has 5 nitrogen and oxygen atoms in total. The van der Waals surface area contributed by atoms with Crippen molar-refractivity contribution in [3.63, 3.8) is 0 Å². The third-order valence-corrected chi connectivity index (χ3v) is 5.31.